The first-order valence-electron chi connectivity index (χ1n) is 7.69. The van der Waals surface area contributed by atoms with Gasteiger partial charge in [0, 0.05) is 23.6 Å². The fourth-order valence-electron chi connectivity index (χ4n) is 2.54. The normalized spacial score (nSPS) is 10.8. The van der Waals surface area contributed by atoms with Crippen LogP contribution in [0.5, 0.6) is 0 Å². The van der Waals surface area contributed by atoms with E-state index in [4.69, 9.17) is 0 Å². The number of halogens is 1. The monoisotopic (exact) mass is 383 g/mol. The lowest BCUT2D eigenvalue weighted by Gasteiger charge is -2.18. The van der Waals surface area contributed by atoms with Crippen LogP contribution >= 0.6 is 15.9 Å². The van der Waals surface area contributed by atoms with E-state index in [1.54, 1.807) is 11.9 Å². The van der Waals surface area contributed by atoms with Crippen molar-refractivity contribution in [3.8, 4) is 0 Å². The third-order valence-corrected chi connectivity index (χ3v) is 4.81. The van der Waals surface area contributed by atoms with Crippen molar-refractivity contribution in [2.24, 2.45) is 0 Å². The molecule has 4 nitrogen and oxygen atoms in total. The van der Waals surface area contributed by atoms with Crippen LogP contribution in [0.4, 0.5) is 0 Å². The van der Waals surface area contributed by atoms with Gasteiger partial charge in [0.2, 0.25) is 0 Å². The molecule has 5 heteroatoms. The van der Waals surface area contributed by atoms with E-state index in [0.717, 1.165) is 32.5 Å². The molecule has 0 aliphatic rings. The van der Waals surface area contributed by atoms with Gasteiger partial charge < -0.3 is 4.90 Å². The van der Waals surface area contributed by atoms with Gasteiger partial charge in [-0.15, -0.1) is 0 Å². The highest BCUT2D eigenvalue weighted by Crippen LogP contribution is 2.19. The first-order valence-corrected chi connectivity index (χ1v) is 8.49. The number of fused-ring (bicyclic) bond motifs is 1. The van der Waals surface area contributed by atoms with Crippen molar-refractivity contribution in [2.45, 2.75) is 20.4 Å². The van der Waals surface area contributed by atoms with Crippen LogP contribution in [-0.4, -0.2) is 27.8 Å². The zero-order valence-corrected chi connectivity index (χ0v) is 15.5. The predicted molar refractivity (Wildman–Crippen MR) is 99.0 cm³/mol. The molecule has 0 unspecified atom stereocenters. The minimum absolute atomic E-state index is 0.0346. The Balaban J connectivity index is 1.87. The van der Waals surface area contributed by atoms with Crippen LogP contribution in [0.15, 0.2) is 46.9 Å². The average Bonchev–Trinajstić information content (AvgIpc) is 2.57. The second kappa shape index (κ2) is 6.69. The summed E-state index contributed by atoms with van der Waals surface area (Å²) in [6.07, 6.45) is 0. The second-order valence-electron chi connectivity index (χ2n) is 5.85. The van der Waals surface area contributed by atoms with Gasteiger partial charge in [-0.1, -0.05) is 34.1 Å². The van der Waals surface area contributed by atoms with E-state index >= 15 is 0 Å². The van der Waals surface area contributed by atoms with Gasteiger partial charge in [0.25, 0.3) is 5.91 Å². The second-order valence-corrected chi connectivity index (χ2v) is 6.70. The highest BCUT2D eigenvalue weighted by molar-refractivity contribution is 9.10. The molecule has 0 spiro atoms. The van der Waals surface area contributed by atoms with E-state index in [2.05, 4.69) is 25.9 Å². The van der Waals surface area contributed by atoms with Crippen LogP contribution in [0.3, 0.4) is 0 Å². The Kier molecular flexibility index (Phi) is 4.62. The van der Waals surface area contributed by atoms with Crippen molar-refractivity contribution in [2.75, 3.05) is 7.05 Å². The molecule has 0 atom stereocenters. The molecule has 3 aromatic rings. The number of benzene rings is 2. The van der Waals surface area contributed by atoms with Crippen LogP contribution in [-0.2, 0) is 6.54 Å². The van der Waals surface area contributed by atoms with Crippen LogP contribution in [0.25, 0.3) is 11.0 Å². The molecule has 1 heterocycles. The Morgan fingerprint density at radius 3 is 2.42 bits per heavy atom. The van der Waals surface area contributed by atoms with Gasteiger partial charge in [-0.3, -0.25) is 4.79 Å². The summed E-state index contributed by atoms with van der Waals surface area (Å²) in [7, 11) is 1.80. The molecule has 0 radical (unpaired) electrons. The summed E-state index contributed by atoms with van der Waals surface area (Å²) in [4.78, 5) is 23.5. The molecule has 3 rings (SSSR count). The number of hydrogen-bond acceptors (Lipinski definition) is 3. The maximum Gasteiger partial charge on any atom is 0.253 e. The molecule has 0 N–H and O–H groups in total. The Morgan fingerprint density at radius 1 is 1.04 bits per heavy atom. The molecule has 0 saturated heterocycles. The molecular formula is C19H18BrN3O. The smallest absolute Gasteiger partial charge is 0.253 e. The zero-order valence-electron chi connectivity index (χ0n) is 13.9. The molecule has 0 aliphatic heterocycles. The molecule has 1 amide bonds. The van der Waals surface area contributed by atoms with E-state index in [9.17, 15) is 4.79 Å². The largest absolute Gasteiger partial charge is 0.337 e. The van der Waals surface area contributed by atoms with Gasteiger partial charge in [-0.05, 0) is 43.7 Å². The van der Waals surface area contributed by atoms with Crippen LogP contribution in [0.2, 0.25) is 0 Å². The van der Waals surface area contributed by atoms with Crippen LogP contribution < -0.4 is 0 Å². The number of rotatable bonds is 3. The summed E-state index contributed by atoms with van der Waals surface area (Å²) in [5, 5.41) is 0. The van der Waals surface area contributed by atoms with Crippen molar-refractivity contribution in [1.82, 2.24) is 14.9 Å². The van der Waals surface area contributed by atoms with Crippen molar-refractivity contribution >= 4 is 32.9 Å². The Labute approximate surface area is 149 Å². The van der Waals surface area contributed by atoms with E-state index in [0.29, 0.717) is 12.1 Å². The van der Waals surface area contributed by atoms with E-state index < -0.39 is 0 Å². The van der Waals surface area contributed by atoms with Gasteiger partial charge >= 0.3 is 0 Å². The number of carbonyl (C=O) groups is 1. The molecule has 0 bridgehead atoms. The fraction of sp³-hybridized carbons (Fsp3) is 0.211. The van der Waals surface area contributed by atoms with E-state index in [-0.39, 0.29) is 5.91 Å². The number of hydrogen-bond donors (Lipinski definition) is 0. The maximum atomic E-state index is 12.7. The number of aryl methyl sites for hydroxylation is 2. The Bertz CT molecular complexity index is 924. The van der Waals surface area contributed by atoms with E-state index in [1.807, 2.05) is 56.3 Å². The van der Waals surface area contributed by atoms with Gasteiger partial charge in [0.1, 0.15) is 0 Å². The summed E-state index contributed by atoms with van der Waals surface area (Å²) in [6.45, 7) is 4.40. The number of amides is 1. The van der Waals surface area contributed by atoms with Crippen molar-refractivity contribution in [1.29, 1.82) is 0 Å². The number of carbonyl (C=O) groups excluding carboxylic acids is 1. The first-order chi connectivity index (χ1) is 11.5. The minimum Gasteiger partial charge on any atom is -0.337 e. The topological polar surface area (TPSA) is 46.1 Å². The highest BCUT2D eigenvalue weighted by Gasteiger charge is 2.14. The lowest BCUT2D eigenvalue weighted by atomic mass is 10.1. The third-order valence-electron chi connectivity index (χ3n) is 4.03. The summed E-state index contributed by atoms with van der Waals surface area (Å²) < 4.78 is 1.00. The number of nitrogens with zero attached hydrogens (tertiary/aromatic N) is 3. The standard InChI is InChI=1S/C19H18BrN3O/c1-12-13(2)22-18-10-14(8-9-17(18)21-12)19(24)23(3)11-15-6-4-5-7-16(15)20/h4-10H,11H2,1-3H3. The van der Waals surface area contributed by atoms with Gasteiger partial charge in [0.15, 0.2) is 0 Å². The average molecular weight is 384 g/mol. The fourth-order valence-corrected chi connectivity index (χ4v) is 2.95. The summed E-state index contributed by atoms with van der Waals surface area (Å²) in [5.41, 5.74) is 5.04. The lowest BCUT2D eigenvalue weighted by Crippen LogP contribution is -2.26. The Hall–Kier alpha value is -2.27. The Morgan fingerprint density at radius 2 is 1.71 bits per heavy atom. The van der Waals surface area contributed by atoms with Gasteiger partial charge in [0.05, 0.1) is 22.4 Å². The molecule has 24 heavy (non-hydrogen) atoms. The maximum absolute atomic E-state index is 12.7. The van der Waals surface area contributed by atoms with Crippen molar-refractivity contribution in [3.63, 3.8) is 0 Å². The number of aromatic nitrogens is 2. The van der Waals surface area contributed by atoms with Crippen molar-refractivity contribution in [3.05, 3.63) is 69.5 Å². The summed E-state index contributed by atoms with van der Waals surface area (Å²) in [5.74, 6) is -0.0346. The van der Waals surface area contributed by atoms with Crippen molar-refractivity contribution < 1.29 is 4.79 Å². The van der Waals surface area contributed by atoms with Crippen LogP contribution in [0, 0.1) is 13.8 Å². The molecule has 0 fully saturated rings. The quantitative estimate of drug-likeness (QED) is 0.677. The van der Waals surface area contributed by atoms with E-state index in [1.165, 1.54) is 0 Å². The minimum atomic E-state index is -0.0346. The third kappa shape index (κ3) is 3.31. The highest BCUT2D eigenvalue weighted by atomic mass is 79.9. The summed E-state index contributed by atoms with van der Waals surface area (Å²) >= 11 is 3.52. The SMILES string of the molecule is Cc1nc2ccc(C(=O)N(C)Cc3ccccc3Br)cc2nc1C. The molecule has 1 aromatic heterocycles. The lowest BCUT2D eigenvalue weighted by molar-refractivity contribution is 0.0785. The molecule has 122 valence electrons. The molecular weight excluding hydrogens is 366 g/mol. The zero-order chi connectivity index (χ0) is 17.3. The first kappa shape index (κ1) is 16.6. The predicted octanol–water partition coefficient (Wildman–Crippen LogP) is 4.28. The van der Waals surface area contributed by atoms with Crippen LogP contribution in [0.1, 0.15) is 27.3 Å². The molecule has 0 aliphatic carbocycles. The summed E-state index contributed by atoms with van der Waals surface area (Å²) in [6, 6.07) is 13.4. The van der Waals surface area contributed by atoms with Gasteiger partial charge in [-0.25, -0.2) is 9.97 Å². The van der Waals surface area contributed by atoms with Gasteiger partial charge in [-0.2, -0.15) is 0 Å². The molecule has 0 saturated carbocycles. The molecule has 2 aromatic carbocycles.